The Hall–Kier alpha value is -2.10. The summed E-state index contributed by atoms with van der Waals surface area (Å²) in [7, 11) is 1.36. The van der Waals surface area contributed by atoms with Crippen molar-refractivity contribution in [2.45, 2.75) is 25.4 Å². The first kappa shape index (κ1) is 14.3. The maximum absolute atomic E-state index is 12.0. The van der Waals surface area contributed by atoms with Crippen LogP contribution in [0.2, 0.25) is 0 Å². The van der Waals surface area contributed by atoms with Gasteiger partial charge >= 0.3 is 6.09 Å². The summed E-state index contributed by atoms with van der Waals surface area (Å²) in [5.74, 6) is -0.164. The van der Waals surface area contributed by atoms with Crippen molar-refractivity contribution in [3.63, 3.8) is 0 Å². The zero-order valence-electron chi connectivity index (χ0n) is 11.6. The molecule has 0 radical (unpaired) electrons. The number of allylic oxidation sites excluding steroid dienone is 1. The number of hydrogen-bond acceptors (Lipinski definition) is 3. The van der Waals surface area contributed by atoms with E-state index in [1.807, 2.05) is 42.5 Å². The highest BCUT2D eigenvalue weighted by Gasteiger charge is 2.30. The van der Waals surface area contributed by atoms with Crippen molar-refractivity contribution in [1.29, 1.82) is 0 Å². The monoisotopic (exact) mass is 273 g/mol. The van der Waals surface area contributed by atoms with Crippen LogP contribution < -0.4 is 0 Å². The highest BCUT2D eigenvalue weighted by molar-refractivity contribution is 5.69. The number of carbonyl (C=O) groups is 2. The number of amides is 1. The van der Waals surface area contributed by atoms with E-state index in [4.69, 9.17) is 4.74 Å². The third-order valence-corrected chi connectivity index (χ3v) is 3.58. The van der Waals surface area contributed by atoms with Gasteiger partial charge in [0.2, 0.25) is 0 Å². The summed E-state index contributed by atoms with van der Waals surface area (Å²) >= 11 is 0. The van der Waals surface area contributed by atoms with Crippen LogP contribution in [0.25, 0.3) is 0 Å². The van der Waals surface area contributed by atoms with Gasteiger partial charge in [-0.25, -0.2) is 4.79 Å². The summed E-state index contributed by atoms with van der Waals surface area (Å²) in [5.41, 5.74) is 1.02. The molecule has 0 aromatic heterocycles. The van der Waals surface area contributed by atoms with E-state index in [-0.39, 0.29) is 12.0 Å². The Balaban J connectivity index is 2.22. The van der Waals surface area contributed by atoms with Crippen LogP contribution in [-0.2, 0) is 16.1 Å². The van der Waals surface area contributed by atoms with E-state index in [2.05, 4.69) is 0 Å². The molecule has 0 aliphatic heterocycles. The summed E-state index contributed by atoms with van der Waals surface area (Å²) in [6.45, 7) is 0.437. The third kappa shape index (κ3) is 3.26. The fourth-order valence-electron chi connectivity index (χ4n) is 2.51. The highest BCUT2D eigenvalue weighted by atomic mass is 16.5. The van der Waals surface area contributed by atoms with Crippen molar-refractivity contribution in [2.24, 2.45) is 5.92 Å². The fourth-order valence-corrected chi connectivity index (χ4v) is 2.51. The molecule has 1 amide bonds. The molecule has 0 heterocycles. The Morgan fingerprint density at radius 1 is 1.40 bits per heavy atom. The molecule has 1 aromatic carbocycles. The second-order valence-corrected chi connectivity index (χ2v) is 4.88. The van der Waals surface area contributed by atoms with E-state index < -0.39 is 6.09 Å². The SMILES string of the molecule is COC(=O)N(Cc1ccccc1)[C@H]1C=CCC[C@H]1C=O. The van der Waals surface area contributed by atoms with Crippen molar-refractivity contribution in [3.05, 3.63) is 48.0 Å². The van der Waals surface area contributed by atoms with E-state index in [9.17, 15) is 9.59 Å². The molecule has 106 valence electrons. The molecule has 0 saturated carbocycles. The van der Waals surface area contributed by atoms with Gasteiger partial charge in [-0.2, -0.15) is 0 Å². The zero-order valence-corrected chi connectivity index (χ0v) is 11.6. The largest absolute Gasteiger partial charge is 0.453 e. The first-order valence-corrected chi connectivity index (χ1v) is 6.76. The van der Waals surface area contributed by atoms with Crippen LogP contribution in [0.4, 0.5) is 4.79 Å². The maximum Gasteiger partial charge on any atom is 0.410 e. The second kappa shape index (κ2) is 6.89. The Bertz CT molecular complexity index is 484. The molecule has 1 aliphatic rings. The molecule has 0 saturated heterocycles. The number of methoxy groups -OCH3 is 1. The van der Waals surface area contributed by atoms with Gasteiger partial charge in [0.15, 0.2) is 0 Å². The van der Waals surface area contributed by atoms with E-state index in [0.29, 0.717) is 6.54 Å². The molecule has 0 unspecified atom stereocenters. The first-order valence-electron chi connectivity index (χ1n) is 6.76. The predicted molar refractivity (Wildman–Crippen MR) is 76.1 cm³/mol. The number of rotatable bonds is 4. The van der Waals surface area contributed by atoms with Gasteiger partial charge in [0.1, 0.15) is 6.29 Å². The molecule has 2 rings (SSSR count). The molecule has 1 aliphatic carbocycles. The number of ether oxygens (including phenoxy) is 1. The molecular weight excluding hydrogens is 254 g/mol. The van der Waals surface area contributed by atoms with Crippen molar-refractivity contribution in [3.8, 4) is 0 Å². The Morgan fingerprint density at radius 2 is 2.15 bits per heavy atom. The fraction of sp³-hybridized carbons (Fsp3) is 0.375. The van der Waals surface area contributed by atoms with E-state index in [1.165, 1.54) is 7.11 Å². The van der Waals surface area contributed by atoms with Gasteiger partial charge in [0.05, 0.1) is 13.2 Å². The van der Waals surface area contributed by atoms with Gasteiger partial charge in [-0.05, 0) is 18.4 Å². The van der Waals surface area contributed by atoms with Crippen LogP contribution in [0.5, 0.6) is 0 Å². The van der Waals surface area contributed by atoms with Crippen molar-refractivity contribution in [1.82, 2.24) is 4.90 Å². The third-order valence-electron chi connectivity index (χ3n) is 3.58. The molecule has 0 N–H and O–H groups in total. The summed E-state index contributed by atoms with van der Waals surface area (Å²) in [5, 5.41) is 0. The zero-order chi connectivity index (χ0) is 14.4. The molecular formula is C16H19NO3. The van der Waals surface area contributed by atoms with Gasteiger partial charge in [0, 0.05) is 12.5 Å². The minimum Gasteiger partial charge on any atom is -0.453 e. The van der Waals surface area contributed by atoms with E-state index >= 15 is 0 Å². The van der Waals surface area contributed by atoms with Crippen molar-refractivity contribution >= 4 is 12.4 Å². The molecule has 2 atom stereocenters. The quantitative estimate of drug-likeness (QED) is 0.626. The highest BCUT2D eigenvalue weighted by Crippen LogP contribution is 2.24. The molecule has 0 spiro atoms. The van der Waals surface area contributed by atoms with E-state index in [1.54, 1.807) is 4.90 Å². The average Bonchev–Trinajstić information content (AvgIpc) is 2.53. The number of benzene rings is 1. The van der Waals surface area contributed by atoms with Crippen LogP contribution in [0, 0.1) is 5.92 Å². The second-order valence-electron chi connectivity index (χ2n) is 4.88. The van der Waals surface area contributed by atoms with Crippen LogP contribution >= 0.6 is 0 Å². The van der Waals surface area contributed by atoms with Crippen LogP contribution in [-0.4, -0.2) is 30.4 Å². The van der Waals surface area contributed by atoms with Crippen molar-refractivity contribution < 1.29 is 14.3 Å². The summed E-state index contributed by atoms with van der Waals surface area (Å²) in [6.07, 6.45) is 6.13. The van der Waals surface area contributed by atoms with Crippen LogP contribution in [0.3, 0.4) is 0 Å². The normalized spacial score (nSPS) is 21.2. The maximum atomic E-state index is 12.0. The Morgan fingerprint density at radius 3 is 2.80 bits per heavy atom. The topological polar surface area (TPSA) is 46.6 Å². The molecule has 1 aromatic rings. The van der Waals surface area contributed by atoms with Crippen LogP contribution in [0.15, 0.2) is 42.5 Å². The summed E-state index contributed by atoms with van der Waals surface area (Å²) in [4.78, 5) is 24.9. The molecule has 4 nitrogen and oxygen atoms in total. The summed E-state index contributed by atoms with van der Waals surface area (Å²) in [6, 6.07) is 9.48. The standard InChI is InChI=1S/C16H19NO3/c1-20-16(19)17(11-13-7-3-2-4-8-13)15-10-6-5-9-14(15)12-18/h2-4,6-8,10,12,14-15H,5,9,11H2,1H3/t14-,15-/m0/s1. The lowest BCUT2D eigenvalue weighted by Gasteiger charge is -2.34. The average molecular weight is 273 g/mol. The minimum absolute atomic E-state index is 0.164. The Kier molecular flexibility index (Phi) is 4.93. The van der Waals surface area contributed by atoms with Gasteiger partial charge in [0.25, 0.3) is 0 Å². The summed E-state index contributed by atoms with van der Waals surface area (Å²) < 4.78 is 4.87. The van der Waals surface area contributed by atoms with Crippen molar-refractivity contribution in [2.75, 3.05) is 7.11 Å². The predicted octanol–water partition coefficient (Wildman–Crippen LogP) is 2.79. The smallest absolute Gasteiger partial charge is 0.410 e. The van der Waals surface area contributed by atoms with Gasteiger partial charge in [-0.1, -0.05) is 42.5 Å². The molecule has 0 fully saturated rings. The molecule has 20 heavy (non-hydrogen) atoms. The first-order chi connectivity index (χ1) is 9.76. The van der Waals surface area contributed by atoms with E-state index in [0.717, 1.165) is 24.7 Å². The number of nitrogens with zero attached hydrogens (tertiary/aromatic N) is 1. The molecule has 0 bridgehead atoms. The Labute approximate surface area is 119 Å². The lowest BCUT2D eigenvalue weighted by molar-refractivity contribution is -0.112. The van der Waals surface area contributed by atoms with Gasteiger partial charge in [-0.15, -0.1) is 0 Å². The van der Waals surface area contributed by atoms with Gasteiger partial charge in [-0.3, -0.25) is 4.90 Å². The minimum atomic E-state index is -0.405. The number of hydrogen-bond donors (Lipinski definition) is 0. The number of aldehydes is 1. The lowest BCUT2D eigenvalue weighted by Crippen LogP contribution is -2.44. The molecule has 4 heteroatoms. The van der Waals surface area contributed by atoms with Crippen LogP contribution in [0.1, 0.15) is 18.4 Å². The lowest BCUT2D eigenvalue weighted by atomic mass is 9.89. The van der Waals surface area contributed by atoms with Gasteiger partial charge < -0.3 is 9.53 Å². The number of carbonyl (C=O) groups excluding carboxylic acids is 2.